The Morgan fingerprint density at radius 3 is 2.67 bits per heavy atom. The van der Waals surface area contributed by atoms with Gasteiger partial charge in [-0.3, -0.25) is 10.1 Å². The predicted octanol–water partition coefficient (Wildman–Crippen LogP) is 1.86. The molecule has 10 heteroatoms. The van der Waals surface area contributed by atoms with Gasteiger partial charge in [0.05, 0.1) is 16.7 Å². The van der Waals surface area contributed by atoms with Gasteiger partial charge in [-0.05, 0) is 11.4 Å². The number of non-ortho nitro benzene ring substituents is 1. The summed E-state index contributed by atoms with van der Waals surface area (Å²) in [6.07, 6.45) is 0. The molecule has 0 fully saturated rings. The van der Waals surface area contributed by atoms with E-state index in [0.717, 1.165) is 10.9 Å². The van der Waals surface area contributed by atoms with Gasteiger partial charge >= 0.3 is 0 Å². The number of thiophene rings is 1. The van der Waals surface area contributed by atoms with E-state index in [4.69, 9.17) is 5.73 Å². The number of nitrogens with one attached hydrogen (secondary N) is 1. The molecule has 0 bridgehead atoms. The van der Waals surface area contributed by atoms with Crippen LogP contribution in [0.25, 0.3) is 0 Å². The molecule has 0 saturated heterocycles. The molecule has 0 atom stereocenters. The van der Waals surface area contributed by atoms with Crippen LogP contribution >= 0.6 is 11.3 Å². The summed E-state index contributed by atoms with van der Waals surface area (Å²) in [5, 5.41) is 12.3. The van der Waals surface area contributed by atoms with Crippen LogP contribution in [0.1, 0.15) is 4.88 Å². The largest absolute Gasteiger partial charge is 0.397 e. The first-order valence-electron chi connectivity index (χ1n) is 5.56. The maximum atomic E-state index is 13.8. The number of benzene rings is 1. The van der Waals surface area contributed by atoms with Crippen LogP contribution < -0.4 is 10.5 Å². The summed E-state index contributed by atoms with van der Waals surface area (Å²) < 4.78 is 40.1. The van der Waals surface area contributed by atoms with Crippen molar-refractivity contribution >= 4 is 32.7 Å². The second kappa shape index (κ2) is 5.76. The number of nitrogens with two attached hydrogens (primary N) is 1. The zero-order valence-electron chi connectivity index (χ0n) is 10.4. The fourth-order valence-electron chi connectivity index (χ4n) is 1.64. The van der Waals surface area contributed by atoms with Crippen molar-refractivity contribution in [3.63, 3.8) is 0 Å². The van der Waals surface area contributed by atoms with Crippen LogP contribution in [0, 0.1) is 15.9 Å². The van der Waals surface area contributed by atoms with Crippen LogP contribution in [0.5, 0.6) is 0 Å². The Hall–Kier alpha value is -2.04. The Balaban J connectivity index is 2.33. The Morgan fingerprint density at radius 1 is 1.43 bits per heavy atom. The minimum atomic E-state index is -4.21. The fourth-order valence-corrected chi connectivity index (χ4v) is 3.55. The van der Waals surface area contributed by atoms with E-state index in [1.807, 2.05) is 0 Å². The molecule has 112 valence electrons. The van der Waals surface area contributed by atoms with Crippen LogP contribution in [0.15, 0.2) is 34.5 Å². The van der Waals surface area contributed by atoms with Crippen molar-refractivity contribution in [1.29, 1.82) is 0 Å². The highest BCUT2D eigenvalue weighted by molar-refractivity contribution is 7.89. The molecule has 0 aliphatic rings. The fraction of sp³-hybridized carbons (Fsp3) is 0.0909. The van der Waals surface area contributed by atoms with Gasteiger partial charge in [-0.25, -0.2) is 17.5 Å². The molecule has 0 spiro atoms. The van der Waals surface area contributed by atoms with E-state index in [2.05, 4.69) is 4.72 Å². The van der Waals surface area contributed by atoms with Gasteiger partial charge in [0.15, 0.2) is 5.82 Å². The normalized spacial score (nSPS) is 11.5. The highest BCUT2D eigenvalue weighted by Gasteiger charge is 2.25. The van der Waals surface area contributed by atoms with Gasteiger partial charge in [-0.2, -0.15) is 0 Å². The number of nitrogen functional groups attached to an aromatic ring is 1. The molecule has 7 nitrogen and oxygen atoms in total. The monoisotopic (exact) mass is 331 g/mol. The van der Waals surface area contributed by atoms with Gasteiger partial charge in [0, 0.05) is 17.5 Å². The van der Waals surface area contributed by atoms with Crippen molar-refractivity contribution in [2.75, 3.05) is 5.73 Å². The number of hydrogen-bond acceptors (Lipinski definition) is 6. The molecular formula is C11H10FN3O4S2. The average Bonchev–Trinajstić information content (AvgIpc) is 2.88. The molecular weight excluding hydrogens is 321 g/mol. The molecule has 1 aromatic carbocycles. The molecule has 0 saturated carbocycles. The minimum absolute atomic E-state index is 0.0180. The lowest BCUT2D eigenvalue weighted by Gasteiger charge is -2.09. The lowest BCUT2D eigenvalue weighted by molar-refractivity contribution is -0.385. The number of nitrogens with zero attached hydrogens (tertiary/aromatic N) is 1. The van der Waals surface area contributed by atoms with Crippen molar-refractivity contribution in [3.8, 4) is 0 Å². The summed E-state index contributed by atoms with van der Waals surface area (Å²) >= 11 is 1.33. The van der Waals surface area contributed by atoms with E-state index in [-0.39, 0.29) is 6.54 Å². The SMILES string of the molecule is Nc1cc([N+](=O)[O-])cc(F)c1S(=O)(=O)NCc1cccs1. The summed E-state index contributed by atoms with van der Waals surface area (Å²) in [6, 6.07) is 4.79. The van der Waals surface area contributed by atoms with Crippen molar-refractivity contribution in [2.24, 2.45) is 0 Å². The quantitative estimate of drug-likeness (QED) is 0.493. The smallest absolute Gasteiger partial charge is 0.274 e. The zero-order valence-corrected chi connectivity index (χ0v) is 12.1. The molecule has 3 N–H and O–H groups in total. The molecule has 2 aromatic rings. The minimum Gasteiger partial charge on any atom is -0.397 e. The van der Waals surface area contributed by atoms with E-state index < -0.39 is 37.0 Å². The molecule has 0 aliphatic carbocycles. The topological polar surface area (TPSA) is 115 Å². The van der Waals surface area contributed by atoms with E-state index >= 15 is 0 Å². The zero-order chi connectivity index (χ0) is 15.6. The highest BCUT2D eigenvalue weighted by Crippen LogP contribution is 2.27. The van der Waals surface area contributed by atoms with Crippen molar-refractivity contribution in [2.45, 2.75) is 11.4 Å². The molecule has 21 heavy (non-hydrogen) atoms. The first-order chi connectivity index (χ1) is 9.81. The predicted molar refractivity (Wildman–Crippen MR) is 75.8 cm³/mol. The third kappa shape index (κ3) is 3.35. The molecule has 2 rings (SSSR count). The van der Waals surface area contributed by atoms with E-state index in [1.165, 1.54) is 11.3 Å². The van der Waals surface area contributed by atoms with Crippen LogP contribution in [0.3, 0.4) is 0 Å². The maximum absolute atomic E-state index is 13.8. The molecule has 0 amide bonds. The van der Waals surface area contributed by atoms with Crippen LogP contribution in [0.2, 0.25) is 0 Å². The van der Waals surface area contributed by atoms with Gasteiger partial charge in [0.2, 0.25) is 10.0 Å². The Labute approximate surface area is 123 Å². The third-order valence-electron chi connectivity index (χ3n) is 2.55. The van der Waals surface area contributed by atoms with Gasteiger partial charge in [-0.15, -0.1) is 11.3 Å². The number of rotatable bonds is 5. The van der Waals surface area contributed by atoms with Crippen LogP contribution in [0.4, 0.5) is 15.8 Å². The number of anilines is 1. The van der Waals surface area contributed by atoms with Gasteiger partial charge in [-0.1, -0.05) is 6.07 Å². The molecule has 1 heterocycles. The second-order valence-electron chi connectivity index (χ2n) is 4.01. The van der Waals surface area contributed by atoms with E-state index in [9.17, 15) is 22.9 Å². The van der Waals surface area contributed by atoms with E-state index in [0.29, 0.717) is 6.07 Å². The van der Waals surface area contributed by atoms with Gasteiger partial charge in [0.1, 0.15) is 4.90 Å². The number of halogens is 1. The molecule has 0 unspecified atom stereocenters. The summed E-state index contributed by atoms with van der Waals surface area (Å²) in [5.74, 6) is -1.26. The first kappa shape index (κ1) is 15.4. The third-order valence-corrected chi connectivity index (χ3v) is 4.92. The maximum Gasteiger partial charge on any atom is 0.274 e. The van der Waals surface area contributed by atoms with Gasteiger partial charge < -0.3 is 5.73 Å². The summed E-state index contributed by atoms with van der Waals surface area (Å²) in [6.45, 7) is -0.0180. The summed E-state index contributed by atoms with van der Waals surface area (Å²) in [4.78, 5) is 9.66. The number of sulfonamides is 1. The molecule has 0 radical (unpaired) electrons. The van der Waals surface area contributed by atoms with Crippen molar-refractivity contribution < 1.29 is 17.7 Å². The number of nitro benzene ring substituents is 1. The Morgan fingerprint density at radius 2 is 2.14 bits per heavy atom. The average molecular weight is 331 g/mol. The summed E-state index contributed by atoms with van der Waals surface area (Å²) in [7, 11) is -4.21. The Bertz CT molecular complexity index is 752. The Kier molecular flexibility index (Phi) is 4.21. The number of hydrogen-bond donors (Lipinski definition) is 2. The number of nitro groups is 1. The molecule has 1 aromatic heterocycles. The lowest BCUT2D eigenvalue weighted by Crippen LogP contribution is -2.25. The van der Waals surface area contributed by atoms with E-state index in [1.54, 1.807) is 17.5 Å². The van der Waals surface area contributed by atoms with Gasteiger partial charge in [0.25, 0.3) is 5.69 Å². The van der Waals surface area contributed by atoms with Crippen molar-refractivity contribution in [1.82, 2.24) is 4.72 Å². The molecule has 0 aliphatic heterocycles. The lowest BCUT2D eigenvalue weighted by atomic mass is 10.3. The second-order valence-corrected chi connectivity index (χ2v) is 6.74. The first-order valence-corrected chi connectivity index (χ1v) is 7.93. The summed E-state index contributed by atoms with van der Waals surface area (Å²) in [5.41, 5.74) is 4.31. The van der Waals surface area contributed by atoms with Crippen LogP contribution in [-0.4, -0.2) is 13.3 Å². The highest BCUT2D eigenvalue weighted by atomic mass is 32.2. The van der Waals surface area contributed by atoms with Crippen LogP contribution in [-0.2, 0) is 16.6 Å². The standard InChI is InChI=1S/C11H10FN3O4S2/c12-9-4-7(15(16)17)5-10(13)11(9)21(18,19)14-6-8-2-1-3-20-8/h1-5,14H,6,13H2. The van der Waals surface area contributed by atoms with Crippen molar-refractivity contribution in [3.05, 3.63) is 50.5 Å².